The Balaban J connectivity index is 1.20. The fourth-order valence-corrected chi connectivity index (χ4v) is 12.5. The van der Waals surface area contributed by atoms with Gasteiger partial charge in [0.15, 0.2) is 11.2 Å². The lowest BCUT2D eigenvalue weighted by molar-refractivity contribution is -0.245. The summed E-state index contributed by atoms with van der Waals surface area (Å²) in [7, 11) is -26.5. The van der Waals surface area contributed by atoms with Gasteiger partial charge in [-0.3, -0.25) is 0 Å². The average Bonchev–Trinajstić information content (AvgIpc) is 1.76. The number of nitrogens with one attached hydrogen (secondary N) is 1. The summed E-state index contributed by atoms with van der Waals surface area (Å²) in [5, 5.41) is 7.60. The van der Waals surface area contributed by atoms with E-state index in [4.69, 9.17) is 27.5 Å². The van der Waals surface area contributed by atoms with Crippen LogP contribution in [0.15, 0.2) is 130 Å². The second kappa shape index (κ2) is 19.2. The summed E-state index contributed by atoms with van der Waals surface area (Å²) in [6.07, 6.45) is 0. The van der Waals surface area contributed by atoms with Gasteiger partial charge in [-0.15, -0.1) is 0 Å². The summed E-state index contributed by atoms with van der Waals surface area (Å²) in [5.74, 6) is -9.78. The molecule has 0 fully saturated rings. The Hall–Kier alpha value is -9.11. The Labute approximate surface area is 460 Å². The highest BCUT2D eigenvalue weighted by Gasteiger charge is 2.83. The largest absolute Gasteiger partial charge is 0.743 e. The maximum Gasteiger partial charge on any atom is 0.743 e. The van der Waals surface area contributed by atoms with Crippen molar-refractivity contribution in [2.24, 2.45) is 0 Å². The first kappa shape index (κ1) is 55.8. The normalized spacial score (nSPS) is 14.9. The van der Waals surface area contributed by atoms with E-state index in [0.29, 0.717) is 12.1 Å². The molecule has 1 N–H and O–H groups in total. The molecule has 6 heterocycles. The van der Waals surface area contributed by atoms with E-state index < -0.39 is 82.4 Å². The molecule has 0 bridgehead atoms. The van der Waals surface area contributed by atoms with Crippen molar-refractivity contribution in [3.05, 3.63) is 150 Å². The average molecular weight is 1210 g/mol. The van der Waals surface area contributed by atoms with Crippen LogP contribution in [-0.2, 0) is 30.2 Å². The molecule has 0 saturated heterocycles. The molecule has 0 spiro atoms. The maximum absolute atomic E-state index is 15.5. The van der Waals surface area contributed by atoms with Crippen molar-refractivity contribution in [2.45, 2.75) is 41.7 Å². The molecular weight excluding hydrogens is 1180 g/mol. The van der Waals surface area contributed by atoms with Crippen LogP contribution in [-0.4, -0.2) is 80.6 Å². The molecule has 2 aliphatic heterocycles. The van der Waals surface area contributed by atoms with E-state index in [9.17, 15) is 57.7 Å². The van der Waals surface area contributed by atoms with Crippen LogP contribution in [0.5, 0.6) is 28.7 Å². The third-order valence-electron chi connectivity index (χ3n) is 12.7. The van der Waals surface area contributed by atoms with Gasteiger partial charge in [-0.05, 0) is 84.3 Å². The number of nitriles is 2. The van der Waals surface area contributed by atoms with Gasteiger partial charge in [0, 0.05) is 16.5 Å². The van der Waals surface area contributed by atoms with Gasteiger partial charge in [0.1, 0.15) is 63.1 Å². The van der Waals surface area contributed by atoms with E-state index in [1.165, 1.54) is 21.1 Å². The van der Waals surface area contributed by atoms with Gasteiger partial charge >= 0.3 is 56.6 Å². The molecule has 424 valence electrons. The molecule has 34 heteroatoms. The van der Waals surface area contributed by atoms with E-state index in [1.807, 2.05) is 0 Å². The second-order valence-corrected chi connectivity index (χ2v) is 23.5. The molecule has 4 aromatic heterocycles. The van der Waals surface area contributed by atoms with Gasteiger partial charge in [0.05, 0.1) is 16.4 Å². The molecule has 0 radical (unpaired) electrons. The van der Waals surface area contributed by atoms with Gasteiger partial charge in [-0.2, -0.15) is 58.5 Å². The summed E-state index contributed by atoms with van der Waals surface area (Å²) in [5.41, 5.74) is -6.68. The van der Waals surface area contributed by atoms with E-state index in [1.54, 1.807) is 98.8 Å². The van der Waals surface area contributed by atoms with Crippen LogP contribution in [0, 0.1) is 22.7 Å². The number of halogens is 9. The zero-order chi connectivity index (χ0) is 59.6. The van der Waals surface area contributed by atoms with Gasteiger partial charge < -0.3 is 40.6 Å². The SMILES string of the molecule is CC(C)c1c2/c(=C(\C#N)c3nc4ccccc4o3)n(B3Oc4ccccc4O3)c(-c3ccc(OS(=O)(=O)C(F)(F)C(F)(F)C(F)(F)S(=O)(=O)NS(=O)(=O)C(F)(F)F)cc3)c2/c(=C(\C#N)c2nc3ccccc3o2)n1B1Oc2ccccc2O1. The highest BCUT2D eigenvalue weighted by Crippen LogP contribution is 2.52. The molecule has 0 amide bonds. The fourth-order valence-electron chi connectivity index (χ4n) is 9.13. The van der Waals surface area contributed by atoms with Crippen molar-refractivity contribution in [1.29, 1.82) is 10.5 Å². The molecule has 5 aromatic carbocycles. The van der Waals surface area contributed by atoms with Crippen molar-refractivity contribution in [1.82, 2.24) is 23.1 Å². The third-order valence-corrected chi connectivity index (χ3v) is 17.3. The van der Waals surface area contributed by atoms with Crippen LogP contribution < -0.4 is 37.6 Å². The first-order chi connectivity index (χ1) is 39.0. The van der Waals surface area contributed by atoms with Crippen molar-refractivity contribution in [2.75, 3.05) is 0 Å². The molecule has 0 unspecified atom stereocenters. The number of nitrogens with zero attached hydrogens (tertiary/aromatic N) is 6. The molecule has 0 aliphatic carbocycles. The Morgan fingerprint density at radius 1 is 0.578 bits per heavy atom. The van der Waals surface area contributed by atoms with Crippen molar-refractivity contribution in [3.8, 4) is 52.1 Å². The Morgan fingerprint density at radius 2 is 1.00 bits per heavy atom. The van der Waals surface area contributed by atoms with Crippen LogP contribution in [0.25, 0.3) is 55.4 Å². The van der Waals surface area contributed by atoms with Crippen molar-refractivity contribution < 1.29 is 96.4 Å². The lowest BCUT2D eigenvalue weighted by Crippen LogP contribution is -2.64. The number of aromatic nitrogens is 4. The predicted molar refractivity (Wildman–Crippen MR) is 272 cm³/mol. The molecule has 11 rings (SSSR count). The number of benzene rings is 5. The van der Waals surface area contributed by atoms with Gasteiger partial charge in [0.25, 0.3) is 10.0 Å². The highest BCUT2D eigenvalue weighted by molar-refractivity contribution is 8.05. The quantitative estimate of drug-likeness (QED) is 0.0616. The smallest absolute Gasteiger partial charge is 0.503 e. The maximum atomic E-state index is 15.5. The number of oxazole rings is 2. The standard InChI is InChI=1S/C49H28B2F9N7O13S3/c1-25(2)40-38-39(43(66(40)50-76-34-15-7-8-16-35(34)77-50)29(24-62)45-64-31-12-4-6-14-33(31)75-45)41(67(51-78-36-17-9-10-18-37(36)79-51)42(38)28(23-61)44-63-30-11-3-5-13-32(30)74-44)26-19-21-27(22-20-26)80-83(72,73)48(56,57)46(52,53)47(54,55)81(68,69)65-82(70,71)49(58,59)60/h3-22,25,65H,1-2H3/b42-28-,43-29-. The van der Waals surface area contributed by atoms with Crippen LogP contribution in [0.4, 0.5) is 39.5 Å². The molecule has 20 nitrogen and oxygen atoms in total. The number of hydrogen-bond acceptors (Lipinski definition) is 17. The zero-order valence-electron chi connectivity index (χ0n) is 41.4. The zero-order valence-corrected chi connectivity index (χ0v) is 43.8. The minimum absolute atomic E-state index is 0.0604. The second-order valence-electron chi connectivity index (χ2n) is 18.2. The summed E-state index contributed by atoms with van der Waals surface area (Å²) in [6, 6.07) is 32.7. The van der Waals surface area contributed by atoms with E-state index in [-0.39, 0.29) is 107 Å². The third kappa shape index (κ3) is 8.73. The predicted octanol–water partition coefficient (Wildman–Crippen LogP) is 7.87. The lowest BCUT2D eigenvalue weighted by atomic mass is 10.0. The summed E-state index contributed by atoms with van der Waals surface area (Å²) in [6.45, 7) is 3.46. The minimum Gasteiger partial charge on any atom is -0.503 e. The van der Waals surface area contributed by atoms with E-state index in [0.717, 1.165) is 12.1 Å². The fraction of sp³-hybridized carbons (Fsp3) is 0.143. The first-order valence-corrected chi connectivity index (χ1v) is 27.9. The van der Waals surface area contributed by atoms with Crippen LogP contribution in [0.1, 0.15) is 37.2 Å². The summed E-state index contributed by atoms with van der Waals surface area (Å²) >= 11 is 0. The first-order valence-electron chi connectivity index (χ1n) is 23.5. The molecule has 0 saturated carbocycles. The summed E-state index contributed by atoms with van der Waals surface area (Å²) < 4.78 is 247. The number of hydrogen-bond donors (Lipinski definition) is 1. The number of fused-ring (bicyclic) bond motifs is 5. The molecule has 2 aliphatic rings. The van der Waals surface area contributed by atoms with E-state index >= 15 is 17.6 Å². The van der Waals surface area contributed by atoms with Crippen LogP contribution >= 0.6 is 0 Å². The number of rotatable bonds is 14. The minimum atomic E-state index is -8.10. The number of alkyl halides is 9. The van der Waals surface area contributed by atoms with Gasteiger partial charge in [-0.1, -0.05) is 66.5 Å². The van der Waals surface area contributed by atoms with E-state index in [2.05, 4.69) is 26.3 Å². The van der Waals surface area contributed by atoms with Crippen molar-refractivity contribution in [3.63, 3.8) is 0 Å². The molecule has 0 atom stereocenters. The Bertz CT molecular complexity index is 4560. The number of para-hydroxylation sites is 8. The lowest BCUT2D eigenvalue weighted by Gasteiger charge is -2.31. The van der Waals surface area contributed by atoms with Gasteiger partial charge in [-0.25, -0.2) is 26.8 Å². The monoisotopic (exact) mass is 1210 g/mol. The summed E-state index contributed by atoms with van der Waals surface area (Å²) in [4.78, 5) is 9.24. The number of sulfonamides is 2. The van der Waals surface area contributed by atoms with Crippen molar-refractivity contribution >= 4 is 88.8 Å². The molecule has 9 aromatic rings. The van der Waals surface area contributed by atoms with Crippen LogP contribution in [0.3, 0.4) is 0 Å². The molecular formula is C49H28B2F9N7O13S3. The highest BCUT2D eigenvalue weighted by atomic mass is 32.3. The van der Waals surface area contributed by atoms with Gasteiger partial charge in [0.2, 0.25) is 11.8 Å². The Kier molecular flexibility index (Phi) is 12.9. The topological polar surface area (TPSA) is 270 Å². The Morgan fingerprint density at radius 3 is 1.42 bits per heavy atom. The van der Waals surface area contributed by atoms with Crippen LogP contribution in [0.2, 0.25) is 0 Å². The molecule has 83 heavy (non-hydrogen) atoms.